The van der Waals surface area contributed by atoms with Crippen LogP contribution in [0.3, 0.4) is 0 Å². The molecule has 1 aromatic carbocycles. The molecule has 6 heteroatoms. The van der Waals surface area contributed by atoms with Crippen molar-refractivity contribution in [3.63, 3.8) is 0 Å². The van der Waals surface area contributed by atoms with Crippen LogP contribution in [0.25, 0.3) is 0 Å². The highest BCUT2D eigenvalue weighted by atomic mass is 16.5. The van der Waals surface area contributed by atoms with E-state index in [2.05, 4.69) is 5.32 Å². The maximum absolute atomic E-state index is 12.4. The number of amides is 2. The summed E-state index contributed by atoms with van der Waals surface area (Å²) in [7, 11) is 0. The number of benzene rings is 1. The van der Waals surface area contributed by atoms with Gasteiger partial charge < -0.3 is 15.0 Å². The van der Waals surface area contributed by atoms with Crippen LogP contribution in [0.4, 0.5) is 5.69 Å². The molecule has 0 spiro atoms. The van der Waals surface area contributed by atoms with Crippen molar-refractivity contribution in [3.05, 3.63) is 29.3 Å². The Balaban J connectivity index is 1.54. The van der Waals surface area contributed by atoms with Crippen LogP contribution < -0.4 is 5.32 Å². The molecule has 1 aliphatic carbocycles. The number of hydrogen-bond acceptors (Lipinski definition) is 4. The van der Waals surface area contributed by atoms with Crippen molar-refractivity contribution in [3.8, 4) is 0 Å². The van der Waals surface area contributed by atoms with E-state index in [4.69, 9.17) is 4.74 Å². The van der Waals surface area contributed by atoms with Crippen LogP contribution in [-0.2, 0) is 19.1 Å². The minimum Gasteiger partial charge on any atom is -0.452 e. The van der Waals surface area contributed by atoms with Crippen molar-refractivity contribution in [2.24, 2.45) is 5.92 Å². The molecule has 1 saturated heterocycles. The lowest BCUT2D eigenvalue weighted by molar-refractivity contribution is -0.157. The van der Waals surface area contributed by atoms with Gasteiger partial charge in [-0.25, -0.2) is 0 Å². The third-order valence-corrected chi connectivity index (χ3v) is 5.56. The highest BCUT2D eigenvalue weighted by Crippen LogP contribution is 2.30. The number of hydrogen-bond donors (Lipinski definition) is 1. The lowest BCUT2D eigenvalue weighted by Gasteiger charge is -2.24. The number of carbonyl (C=O) groups is 3. The minimum atomic E-state index is -0.908. The molecule has 0 unspecified atom stereocenters. The molecule has 0 aromatic heterocycles. The first-order valence-corrected chi connectivity index (χ1v) is 9.73. The topological polar surface area (TPSA) is 75.7 Å². The summed E-state index contributed by atoms with van der Waals surface area (Å²) < 4.78 is 5.36. The zero-order valence-corrected chi connectivity index (χ0v) is 16.3. The first-order chi connectivity index (χ1) is 12.8. The van der Waals surface area contributed by atoms with Crippen LogP contribution in [0.15, 0.2) is 18.2 Å². The number of ether oxygens (including phenoxy) is 1. The van der Waals surface area contributed by atoms with Gasteiger partial charge in [-0.3, -0.25) is 14.4 Å². The van der Waals surface area contributed by atoms with Gasteiger partial charge in [-0.05, 0) is 45.2 Å². The first kappa shape index (κ1) is 19.4. The van der Waals surface area contributed by atoms with E-state index in [0.29, 0.717) is 12.2 Å². The zero-order valence-electron chi connectivity index (χ0n) is 16.3. The molecule has 1 aromatic rings. The van der Waals surface area contributed by atoms with Crippen LogP contribution in [0.2, 0.25) is 0 Å². The van der Waals surface area contributed by atoms with E-state index in [1.54, 1.807) is 6.92 Å². The Labute approximate surface area is 160 Å². The van der Waals surface area contributed by atoms with Crippen LogP contribution >= 0.6 is 0 Å². The number of anilines is 1. The normalized spacial score (nSPS) is 21.4. The van der Waals surface area contributed by atoms with Gasteiger partial charge in [0.1, 0.15) is 0 Å². The van der Waals surface area contributed by atoms with Crippen molar-refractivity contribution in [2.75, 3.05) is 11.9 Å². The number of nitrogens with zero attached hydrogens (tertiary/aromatic N) is 1. The molecule has 6 nitrogen and oxygen atoms in total. The van der Waals surface area contributed by atoms with E-state index < -0.39 is 18.0 Å². The average molecular weight is 372 g/mol. The number of carbonyl (C=O) groups excluding carboxylic acids is 3. The van der Waals surface area contributed by atoms with Crippen LogP contribution in [0, 0.1) is 19.8 Å². The third-order valence-electron chi connectivity index (χ3n) is 5.56. The van der Waals surface area contributed by atoms with Crippen molar-refractivity contribution >= 4 is 23.5 Å². The molecule has 1 saturated carbocycles. The highest BCUT2D eigenvalue weighted by Gasteiger charge is 2.40. The predicted octanol–water partition coefficient (Wildman–Crippen LogP) is 2.96. The monoisotopic (exact) mass is 372 g/mol. The molecule has 0 bridgehead atoms. The number of nitrogens with one attached hydrogen (secondary N) is 1. The zero-order chi connectivity index (χ0) is 19.6. The fourth-order valence-corrected chi connectivity index (χ4v) is 3.97. The Morgan fingerprint density at radius 3 is 2.59 bits per heavy atom. The highest BCUT2D eigenvalue weighted by molar-refractivity contribution is 5.96. The predicted molar refractivity (Wildman–Crippen MR) is 102 cm³/mol. The van der Waals surface area contributed by atoms with Crippen molar-refractivity contribution < 1.29 is 19.1 Å². The molecular weight excluding hydrogens is 344 g/mol. The second kappa shape index (κ2) is 8.11. The molecule has 1 N–H and O–H groups in total. The summed E-state index contributed by atoms with van der Waals surface area (Å²) in [6.45, 7) is 5.87. The van der Waals surface area contributed by atoms with E-state index >= 15 is 0 Å². The van der Waals surface area contributed by atoms with E-state index in [1.165, 1.54) is 0 Å². The number of rotatable bonds is 5. The molecule has 2 amide bonds. The number of likely N-dealkylation sites (tertiary alicyclic amines) is 1. The fraction of sp³-hybridized carbons (Fsp3) is 0.571. The number of esters is 1. The molecular formula is C21H28N2O4. The van der Waals surface area contributed by atoms with Gasteiger partial charge in [-0.15, -0.1) is 0 Å². The minimum absolute atomic E-state index is 0.0243. The summed E-state index contributed by atoms with van der Waals surface area (Å²) in [5, 5.41) is 2.80. The van der Waals surface area contributed by atoms with Gasteiger partial charge in [0, 0.05) is 24.7 Å². The van der Waals surface area contributed by atoms with E-state index in [9.17, 15) is 14.4 Å². The molecule has 27 heavy (non-hydrogen) atoms. The molecule has 2 atom stereocenters. The summed E-state index contributed by atoms with van der Waals surface area (Å²) in [4.78, 5) is 38.9. The fourth-order valence-electron chi connectivity index (χ4n) is 3.97. The molecule has 3 rings (SSSR count). The Hall–Kier alpha value is -2.37. The lowest BCUT2D eigenvalue weighted by atomic mass is 10.1. The van der Waals surface area contributed by atoms with Crippen molar-refractivity contribution in [1.29, 1.82) is 0 Å². The van der Waals surface area contributed by atoms with Gasteiger partial charge in [-0.1, -0.05) is 30.5 Å². The Bertz CT molecular complexity index is 740. The Morgan fingerprint density at radius 1 is 1.22 bits per heavy atom. The quantitative estimate of drug-likeness (QED) is 0.807. The molecule has 2 aliphatic rings. The van der Waals surface area contributed by atoms with Crippen molar-refractivity contribution in [1.82, 2.24) is 4.90 Å². The molecule has 0 radical (unpaired) electrons. The van der Waals surface area contributed by atoms with E-state index in [-0.39, 0.29) is 24.3 Å². The summed E-state index contributed by atoms with van der Waals surface area (Å²) in [5.74, 6) is -1.29. The van der Waals surface area contributed by atoms with Gasteiger partial charge in [0.2, 0.25) is 5.91 Å². The molecule has 1 aliphatic heterocycles. The third kappa shape index (κ3) is 4.49. The van der Waals surface area contributed by atoms with Crippen LogP contribution in [-0.4, -0.2) is 41.4 Å². The van der Waals surface area contributed by atoms with Crippen LogP contribution in [0.1, 0.15) is 50.2 Å². The summed E-state index contributed by atoms with van der Waals surface area (Å²) >= 11 is 0. The standard InChI is InChI=1S/C21H28N2O4/c1-13-8-9-18(14(2)10-13)22-20(25)15(3)27-21(26)16-11-19(24)23(12-16)17-6-4-5-7-17/h8-10,15-17H,4-7,11-12H2,1-3H3,(H,22,25)/t15-,16-/m1/s1. The average Bonchev–Trinajstić information content (AvgIpc) is 3.26. The molecule has 1 heterocycles. The second-order valence-corrected chi connectivity index (χ2v) is 7.77. The van der Waals surface area contributed by atoms with E-state index in [0.717, 1.165) is 36.8 Å². The van der Waals surface area contributed by atoms with Gasteiger partial charge in [-0.2, -0.15) is 0 Å². The summed E-state index contributed by atoms with van der Waals surface area (Å²) in [6, 6.07) is 6.00. The second-order valence-electron chi connectivity index (χ2n) is 7.77. The number of aryl methyl sites for hydroxylation is 2. The van der Waals surface area contributed by atoms with Gasteiger partial charge in [0.05, 0.1) is 5.92 Å². The maximum atomic E-state index is 12.4. The van der Waals surface area contributed by atoms with Crippen LogP contribution in [0.5, 0.6) is 0 Å². The van der Waals surface area contributed by atoms with Gasteiger partial charge >= 0.3 is 5.97 Å². The SMILES string of the molecule is Cc1ccc(NC(=O)[C@@H](C)OC(=O)[C@@H]2CC(=O)N(C3CCCC3)C2)c(C)c1. The first-order valence-electron chi connectivity index (χ1n) is 9.73. The van der Waals surface area contributed by atoms with Crippen molar-refractivity contribution in [2.45, 2.75) is 65.0 Å². The Kier molecular flexibility index (Phi) is 5.82. The largest absolute Gasteiger partial charge is 0.452 e. The Morgan fingerprint density at radius 2 is 1.93 bits per heavy atom. The molecule has 146 valence electrons. The summed E-state index contributed by atoms with van der Waals surface area (Å²) in [6.07, 6.45) is 3.58. The lowest BCUT2D eigenvalue weighted by Crippen LogP contribution is -2.36. The summed E-state index contributed by atoms with van der Waals surface area (Å²) in [5.41, 5.74) is 2.77. The van der Waals surface area contributed by atoms with E-state index in [1.807, 2.05) is 36.9 Å². The maximum Gasteiger partial charge on any atom is 0.312 e. The smallest absolute Gasteiger partial charge is 0.312 e. The van der Waals surface area contributed by atoms with Gasteiger partial charge in [0.15, 0.2) is 6.10 Å². The van der Waals surface area contributed by atoms with Gasteiger partial charge in [0.25, 0.3) is 5.91 Å². The molecule has 2 fully saturated rings.